The van der Waals surface area contributed by atoms with Gasteiger partial charge in [-0.15, -0.1) is 0 Å². The lowest BCUT2D eigenvalue weighted by atomic mass is 9.82. The second kappa shape index (κ2) is 4.31. The molecule has 0 aliphatic carbocycles. The van der Waals surface area contributed by atoms with Crippen LogP contribution in [0.25, 0.3) is 0 Å². The maximum atomic E-state index is 12.2. The van der Waals surface area contributed by atoms with Crippen LogP contribution in [0.1, 0.15) is 38.3 Å². The summed E-state index contributed by atoms with van der Waals surface area (Å²) in [6.45, 7) is 5.43. The van der Waals surface area contributed by atoms with Crippen LogP contribution in [0.2, 0.25) is 0 Å². The summed E-state index contributed by atoms with van der Waals surface area (Å²) in [4.78, 5) is 24.8. The Morgan fingerprint density at radius 3 is 2.60 bits per heavy atom. The molecule has 0 saturated heterocycles. The molecule has 5 heteroatoms. The van der Waals surface area contributed by atoms with Gasteiger partial charge in [-0.1, -0.05) is 12.1 Å². The Hall–Kier alpha value is -1.88. The lowest BCUT2D eigenvalue weighted by Gasteiger charge is -2.25. The highest BCUT2D eigenvalue weighted by molar-refractivity contribution is 6.07. The Bertz CT molecular complexity index is 591. The van der Waals surface area contributed by atoms with Gasteiger partial charge in [-0.2, -0.15) is 0 Å². The molecule has 0 bridgehead atoms. The van der Waals surface area contributed by atoms with Crippen LogP contribution in [0, 0.1) is 0 Å². The lowest BCUT2D eigenvalue weighted by Crippen LogP contribution is -2.36. The van der Waals surface area contributed by atoms with E-state index in [1.807, 2.05) is 26.0 Å². The number of hydrogen-bond acceptors (Lipinski definition) is 3. The minimum Gasteiger partial charge on any atom is -0.481 e. The summed E-state index contributed by atoms with van der Waals surface area (Å²) < 4.78 is 0. The van der Waals surface area contributed by atoms with Crippen LogP contribution < -0.4 is 10.6 Å². The summed E-state index contributed by atoms with van der Waals surface area (Å²) in [5, 5.41) is 8.95. The number of amides is 1. The summed E-state index contributed by atoms with van der Waals surface area (Å²) in [5.74, 6) is -0.912. The van der Waals surface area contributed by atoms with Gasteiger partial charge >= 0.3 is 5.97 Å². The molecule has 0 aromatic heterocycles. The summed E-state index contributed by atoms with van der Waals surface area (Å²) in [6.07, 6.45) is -0.157. The first-order chi connectivity index (χ1) is 9.07. The van der Waals surface area contributed by atoms with Crippen molar-refractivity contribution in [3.05, 3.63) is 29.3 Å². The van der Waals surface area contributed by atoms with Crippen molar-refractivity contribution in [1.82, 2.24) is 0 Å². The monoisotopic (exact) mass is 276 g/mol. The molecule has 1 atom stereocenters. The topological polar surface area (TPSA) is 83.6 Å². The Morgan fingerprint density at radius 2 is 2.05 bits per heavy atom. The third-order valence-corrected chi connectivity index (χ3v) is 4.05. The molecular weight excluding hydrogens is 256 g/mol. The first-order valence-electron chi connectivity index (χ1n) is 6.51. The molecule has 1 aliphatic rings. The van der Waals surface area contributed by atoms with E-state index in [-0.39, 0.29) is 12.3 Å². The van der Waals surface area contributed by atoms with Crippen molar-refractivity contribution in [2.24, 2.45) is 5.73 Å². The number of nitrogens with two attached hydrogens (primary N) is 1. The molecule has 0 spiro atoms. The van der Waals surface area contributed by atoms with Gasteiger partial charge in [0.1, 0.15) is 0 Å². The molecule has 1 heterocycles. The van der Waals surface area contributed by atoms with Gasteiger partial charge in [0.25, 0.3) is 0 Å². The van der Waals surface area contributed by atoms with Gasteiger partial charge in [-0.25, -0.2) is 0 Å². The van der Waals surface area contributed by atoms with Crippen molar-refractivity contribution in [1.29, 1.82) is 0 Å². The van der Waals surface area contributed by atoms with Crippen LogP contribution in [-0.2, 0) is 20.5 Å². The van der Waals surface area contributed by atoms with E-state index in [2.05, 4.69) is 0 Å². The van der Waals surface area contributed by atoms with Crippen molar-refractivity contribution in [2.45, 2.75) is 38.1 Å². The Balaban J connectivity index is 2.51. The van der Waals surface area contributed by atoms with Crippen LogP contribution in [0.5, 0.6) is 0 Å². The summed E-state index contributed by atoms with van der Waals surface area (Å²) in [6, 6.07) is 5.50. The average molecular weight is 276 g/mol. The van der Waals surface area contributed by atoms with Crippen molar-refractivity contribution < 1.29 is 14.7 Å². The standard InChI is InChI=1S/C15H20N2O3/c1-14(2)10-7-9(15(3,16)8-12(18)19)5-6-11(10)17(4)13(14)20/h5-7H,8,16H2,1-4H3,(H,18,19). The van der Waals surface area contributed by atoms with Gasteiger partial charge in [-0.05, 0) is 38.0 Å². The normalized spacial score (nSPS) is 19.6. The van der Waals surface area contributed by atoms with E-state index in [0.29, 0.717) is 0 Å². The molecule has 1 aromatic carbocycles. The molecule has 0 saturated carbocycles. The maximum Gasteiger partial charge on any atom is 0.305 e. The average Bonchev–Trinajstić information content (AvgIpc) is 2.49. The Kier molecular flexibility index (Phi) is 3.13. The first-order valence-corrected chi connectivity index (χ1v) is 6.51. The predicted octanol–water partition coefficient (Wildman–Crippen LogP) is 1.59. The fraction of sp³-hybridized carbons (Fsp3) is 0.467. The zero-order valence-electron chi connectivity index (χ0n) is 12.2. The number of likely N-dealkylation sites (N-methyl/N-ethyl adjacent to an activating group) is 1. The molecule has 0 radical (unpaired) electrons. The van der Waals surface area contributed by atoms with E-state index in [0.717, 1.165) is 16.8 Å². The summed E-state index contributed by atoms with van der Waals surface area (Å²) >= 11 is 0. The van der Waals surface area contributed by atoms with Gasteiger partial charge in [0.2, 0.25) is 5.91 Å². The fourth-order valence-corrected chi connectivity index (χ4v) is 2.74. The fourth-order valence-electron chi connectivity index (χ4n) is 2.74. The number of carboxylic acid groups (broad SMARTS) is 1. The van der Waals surface area contributed by atoms with E-state index in [1.54, 1.807) is 24.9 Å². The molecule has 3 N–H and O–H groups in total. The molecular formula is C15H20N2O3. The minimum absolute atomic E-state index is 0.0293. The lowest BCUT2D eigenvalue weighted by molar-refractivity contribution is -0.138. The van der Waals surface area contributed by atoms with Gasteiger partial charge in [0.15, 0.2) is 0 Å². The molecule has 1 unspecified atom stereocenters. The number of fused-ring (bicyclic) bond motifs is 1. The van der Waals surface area contributed by atoms with Gasteiger partial charge in [0, 0.05) is 18.3 Å². The molecule has 0 fully saturated rings. The zero-order valence-corrected chi connectivity index (χ0v) is 12.2. The molecule has 1 aromatic rings. The quantitative estimate of drug-likeness (QED) is 0.878. The molecule has 5 nitrogen and oxygen atoms in total. The number of nitrogens with zero attached hydrogens (tertiary/aromatic N) is 1. The van der Waals surface area contributed by atoms with Crippen molar-refractivity contribution >= 4 is 17.6 Å². The highest BCUT2D eigenvalue weighted by atomic mass is 16.4. The van der Waals surface area contributed by atoms with Crippen LogP contribution in [0.3, 0.4) is 0 Å². The highest BCUT2D eigenvalue weighted by Gasteiger charge is 2.42. The SMILES string of the molecule is CN1C(=O)C(C)(C)c2cc(C(C)(N)CC(=O)O)ccc21. The molecule has 20 heavy (non-hydrogen) atoms. The molecule has 2 rings (SSSR count). The van der Waals surface area contributed by atoms with E-state index < -0.39 is 16.9 Å². The van der Waals surface area contributed by atoms with Gasteiger partial charge in [0.05, 0.1) is 11.8 Å². The maximum absolute atomic E-state index is 12.2. The minimum atomic E-state index is -0.957. The zero-order chi connectivity index (χ0) is 15.3. The number of benzene rings is 1. The van der Waals surface area contributed by atoms with Crippen LogP contribution in [0.15, 0.2) is 18.2 Å². The summed E-state index contributed by atoms with van der Waals surface area (Å²) in [7, 11) is 1.74. The first kappa shape index (κ1) is 14.5. The predicted molar refractivity (Wildman–Crippen MR) is 76.7 cm³/mol. The van der Waals surface area contributed by atoms with Crippen molar-refractivity contribution in [3.8, 4) is 0 Å². The van der Waals surface area contributed by atoms with E-state index in [9.17, 15) is 9.59 Å². The number of hydrogen-bond donors (Lipinski definition) is 2. The third kappa shape index (κ3) is 2.08. The number of carboxylic acids is 1. The number of anilines is 1. The molecule has 1 amide bonds. The second-order valence-corrected chi connectivity index (χ2v) is 6.21. The van der Waals surface area contributed by atoms with Crippen LogP contribution >= 0.6 is 0 Å². The van der Waals surface area contributed by atoms with Gasteiger partial charge in [-0.3, -0.25) is 9.59 Å². The van der Waals surface area contributed by atoms with Crippen molar-refractivity contribution in [3.63, 3.8) is 0 Å². The van der Waals surface area contributed by atoms with E-state index in [4.69, 9.17) is 10.8 Å². The number of aliphatic carboxylic acids is 1. The van der Waals surface area contributed by atoms with E-state index in [1.165, 1.54) is 0 Å². The second-order valence-electron chi connectivity index (χ2n) is 6.21. The van der Waals surface area contributed by atoms with Crippen LogP contribution in [0.4, 0.5) is 5.69 Å². The van der Waals surface area contributed by atoms with Crippen LogP contribution in [-0.4, -0.2) is 24.0 Å². The van der Waals surface area contributed by atoms with E-state index >= 15 is 0 Å². The molecule has 1 aliphatic heterocycles. The molecule has 108 valence electrons. The Labute approximate surface area is 118 Å². The summed E-state index contributed by atoms with van der Waals surface area (Å²) in [5.41, 5.74) is 7.02. The highest BCUT2D eigenvalue weighted by Crippen LogP contribution is 2.42. The largest absolute Gasteiger partial charge is 0.481 e. The Morgan fingerprint density at radius 1 is 1.45 bits per heavy atom. The number of carbonyl (C=O) groups is 2. The smallest absolute Gasteiger partial charge is 0.305 e. The van der Waals surface area contributed by atoms with Gasteiger partial charge < -0.3 is 15.7 Å². The third-order valence-electron chi connectivity index (χ3n) is 4.05. The number of carbonyl (C=O) groups excluding carboxylic acids is 1. The van der Waals surface area contributed by atoms with Crippen molar-refractivity contribution in [2.75, 3.05) is 11.9 Å². The number of rotatable bonds is 3.